The molecule has 0 spiro atoms. The van der Waals surface area contributed by atoms with Crippen molar-refractivity contribution in [2.24, 2.45) is 0 Å². The summed E-state index contributed by atoms with van der Waals surface area (Å²) in [6, 6.07) is 9.20. The molecule has 134 valence electrons. The monoisotopic (exact) mass is 353 g/mol. The Morgan fingerprint density at radius 2 is 1.85 bits per heavy atom. The molecular weight excluding hydrogens is 334 g/mol. The number of hydrogen-bond acceptors (Lipinski definition) is 6. The number of aryl methyl sites for hydroxylation is 2. The summed E-state index contributed by atoms with van der Waals surface area (Å²) >= 11 is 0. The van der Waals surface area contributed by atoms with Gasteiger partial charge in [-0.15, -0.1) is 0 Å². The third-order valence-electron chi connectivity index (χ3n) is 3.92. The molecule has 0 N–H and O–H groups in total. The second-order valence-corrected chi connectivity index (χ2v) is 6.27. The molecule has 0 saturated carbocycles. The molecule has 0 aliphatic rings. The highest BCUT2D eigenvalue weighted by Crippen LogP contribution is 2.33. The van der Waals surface area contributed by atoms with E-state index in [-0.39, 0.29) is 17.4 Å². The van der Waals surface area contributed by atoms with E-state index in [1.807, 2.05) is 25.1 Å². The van der Waals surface area contributed by atoms with Crippen LogP contribution in [-0.2, 0) is 0 Å². The summed E-state index contributed by atoms with van der Waals surface area (Å²) in [7, 11) is 0. The lowest BCUT2D eigenvalue weighted by Gasteiger charge is -2.10. The molecule has 2 heterocycles. The number of nitro groups is 1. The van der Waals surface area contributed by atoms with E-state index >= 15 is 0 Å². The van der Waals surface area contributed by atoms with Crippen LogP contribution < -0.4 is 4.74 Å². The van der Waals surface area contributed by atoms with Gasteiger partial charge in [-0.25, -0.2) is 9.67 Å². The molecule has 0 atom stereocenters. The largest absolute Gasteiger partial charge is 0.434 e. The molecule has 0 amide bonds. The standard InChI is InChI=1S/C18H19N5O3/c1-11(2)14-5-7-15(8-6-14)26-18-16(23(24)25)17(19-10-20-18)22-13(4)9-12(3)21-22/h5-11H,1-4H3. The molecule has 0 bridgehead atoms. The Morgan fingerprint density at radius 1 is 1.15 bits per heavy atom. The topological polar surface area (TPSA) is 96.0 Å². The molecule has 2 aromatic heterocycles. The van der Waals surface area contributed by atoms with E-state index in [1.54, 1.807) is 19.1 Å². The molecule has 26 heavy (non-hydrogen) atoms. The third-order valence-corrected chi connectivity index (χ3v) is 3.92. The van der Waals surface area contributed by atoms with Gasteiger partial charge in [-0.1, -0.05) is 26.0 Å². The molecule has 0 unspecified atom stereocenters. The first-order chi connectivity index (χ1) is 12.4. The van der Waals surface area contributed by atoms with E-state index in [0.29, 0.717) is 11.7 Å². The number of nitrogens with zero attached hydrogens (tertiary/aromatic N) is 5. The van der Waals surface area contributed by atoms with Gasteiger partial charge in [0.15, 0.2) is 0 Å². The zero-order chi connectivity index (χ0) is 18.8. The van der Waals surface area contributed by atoms with Crippen LogP contribution in [0, 0.1) is 24.0 Å². The molecule has 0 aliphatic carbocycles. The van der Waals surface area contributed by atoms with Crippen LogP contribution in [0.5, 0.6) is 11.6 Å². The molecule has 0 saturated heterocycles. The zero-order valence-corrected chi connectivity index (χ0v) is 15.0. The van der Waals surface area contributed by atoms with Gasteiger partial charge in [-0.2, -0.15) is 10.1 Å². The minimum Gasteiger partial charge on any atom is -0.434 e. The lowest BCUT2D eigenvalue weighted by atomic mass is 10.0. The van der Waals surface area contributed by atoms with E-state index in [4.69, 9.17) is 4.74 Å². The van der Waals surface area contributed by atoms with Crippen LogP contribution in [0.3, 0.4) is 0 Å². The van der Waals surface area contributed by atoms with Gasteiger partial charge in [0.2, 0.25) is 5.82 Å². The fourth-order valence-corrected chi connectivity index (χ4v) is 2.62. The van der Waals surface area contributed by atoms with Crippen molar-refractivity contribution in [1.29, 1.82) is 0 Å². The average molecular weight is 353 g/mol. The Bertz CT molecular complexity index is 948. The smallest absolute Gasteiger partial charge is 0.375 e. The van der Waals surface area contributed by atoms with E-state index in [0.717, 1.165) is 17.0 Å². The average Bonchev–Trinajstić information content (AvgIpc) is 2.93. The highest BCUT2D eigenvalue weighted by atomic mass is 16.6. The van der Waals surface area contributed by atoms with Gasteiger partial charge in [-0.05, 0) is 43.5 Å². The van der Waals surface area contributed by atoms with Crippen LogP contribution in [0.15, 0.2) is 36.7 Å². The fraction of sp³-hybridized carbons (Fsp3) is 0.278. The highest BCUT2D eigenvalue weighted by molar-refractivity contribution is 5.55. The lowest BCUT2D eigenvalue weighted by molar-refractivity contribution is -0.386. The van der Waals surface area contributed by atoms with Crippen molar-refractivity contribution in [3.63, 3.8) is 0 Å². The Balaban J connectivity index is 2.03. The van der Waals surface area contributed by atoms with Crippen molar-refractivity contribution in [3.8, 4) is 17.4 Å². The summed E-state index contributed by atoms with van der Waals surface area (Å²) in [6.45, 7) is 7.79. The van der Waals surface area contributed by atoms with Crippen LogP contribution in [0.2, 0.25) is 0 Å². The van der Waals surface area contributed by atoms with Crippen molar-refractivity contribution in [1.82, 2.24) is 19.7 Å². The fourth-order valence-electron chi connectivity index (χ4n) is 2.62. The van der Waals surface area contributed by atoms with Crippen molar-refractivity contribution >= 4 is 5.69 Å². The zero-order valence-electron chi connectivity index (χ0n) is 15.0. The predicted octanol–water partition coefficient (Wildman–Crippen LogP) is 4.10. The number of ether oxygens (including phenoxy) is 1. The van der Waals surface area contributed by atoms with Gasteiger partial charge in [0.25, 0.3) is 0 Å². The van der Waals surface area contributed by atoms with Crippen molar-refractivity contribution in [2.75, 3.05) is 0 Å². The quantitative estimate of drug-likeness (QED) is 0.506. The van der Waals surface area contributed by atoms with E-state index in [2.05, 4.69) is 28.9 Å². The van der Waals surface area contributed by atoms with E-state index in [9.17, 15) is 10.1 Å². The maximum atomic E-state index is 11.7. The summed E-state index contributed by atoms with van der Waals surface area (Å²) in [5, 5.41) is 15.9. The highest BCUT2D eigenvalue weighted by Gasteiger charge is 2.27. The minimum absolute atomic E-state index is 0.0735. The van der Waals surface area contributed by atoms with Gasteiger partial charge in [-0.3, -0.25) is 10.1 Å². The Morgan fingerprint density at radius 3 is 2.38 bits per heavy atom. The number of aromatic nitrogens is 4. The first-order valence-electron chi connectivity index (χ1n) is 8.17. The Hall–Kier alpha value is -3.29. The van der Waals surface area contributed by atoms with Gasteiger partial charge in [0, 0.05) is 5.69 Å². The summed E-state index contributed by atoms with van der Waals surface area (Å²) in [6.07, 6.45) is 1.23. The van der Waals surface area contributed by atoms with Gasteiger partial charge in [0.05, 0.1) is 10.6 Å². The van der Waals surface area contributed by atoms with Gasteiger partial charge >= 0.3 is 11.6 Å². The molecule has 1 aromatic carbocycles. The summed E-state index contributed by atoms with van der Waals surface area (Å²) in [4.78, 5) is 19.1. The maximum Gasteiger partial charge on any atom is 0.375 e. The molecule has 8 heteroatoms. The molecule has 0 aliphatic heterocycles. The van der Waals surface area contributed by atoms with Crippen LogP contribution in [0.25, 0.3) is 5.82 Å². The van der Waals surface area contributed by atoms with Crippen LogP contribution in [0.1, 0.15) is 36.7 Å². The third kappa shape index (κ3) is 3.39. The second-order valence-electron chi connectivity index (χ2n) is 6.27. The number of benzene rings is 1. The van der Waals surface area contributed by atoms with E-state index in [1.165, 1.54) is 11.0 Å². The Labute approximate surface area is 150 Å². The second kappa shape index (κ2) is 6.91. The van der Waals surface area contributed by atoms with Gasteiger partial charge < -0.3 is 4.74 Å². The minimum atomic E-state index is -0.552. The van der Waals surface area contributed by atoms with Crippen LogP contribution >= 0.6 is 0 Å². The summed E-state index contributed by atoms with van der Waals surface area (Å²) in [5.74, 6) is 0.805. The van der Waals surface area contributed by atoms with Crippen molar-refractivity contribution < 1.29 is 9.66 Å². The van der Waals surface area contributed by atoms with Gasteiger partial charge in [0.1, 0.15) is 12.1 Å². The molecule has 3 aromatic rings. The van der Waals surface area contributed by atoms with Crippen molar-refractivity contribution in [3.05, 3.63) is 63.7 Å². The molecule has 8 nitrogen and oxygen atoms in total. The number of rotatable bonds is 5. The van der Waals surface area contributed by atoms with Crippen molar-refractivity contribution in [2.45, 2.75) is 33.6 Å². The van der Waals surface area contributed by atoms with Crippen LogP contribution in [0.4, 0.5) is 5.69 Å². The lowest BCUT2D eigenvalue weighted by Crippen LogP contribution is -2.08. The molecule has 3 rings (SSSR count). The molecular formula is C18H19N5O3. The molecule has 0 radical (unpaired) electrons. The normalized spacial score (nSPS) is 11.0. The Kier molecular flexibility index (Phi) is 4.66. The molecule has 0 fully saturated rings. The summed E-state index contributed by atoms with van der Waals surface area (Å²) in [5.41, 5.74) is 2.29. The SMILES string of the molecule is Cc1cc(C)n(-c2ncnc(Oc3ccc(C(C)C)cc3)c2[N+](=O)[O-])n1. The predicted molar refractivity (Wildman–Crippen MR) is 95.9 cm³/mol. The maximum absolute atomic E-state index is 11.7. The summed E-state index contributed by atoms with van der Waals surface area (Å²) < 4.78 is 7.10. The first kappa shape index (κ1) is 17.5. The van der Waals surface area contributed by atoms with E-state index < -0.39 is 4.92 Å². The number of hydrogen-bond donors (Lipinski definition) is 0. The van der Waals surface area contributed by atoms with Crippen LogP contribution in [-0.4, -0.2) is 24.7 Å². The first-order valence-corrected chi connectivity index (χ1v) is 8.17.